The van der Waals surface area contributed by atoms with E-state index in [-0.39, 0.29) is 12.3 Å². The first-order valence-corrected chi connectivity index (χ1v) is 7.24. The van der Waals surface area contributed by atoms with Crippen molar-refractivity contribution in [3.63, 3.8) is 0 Å². The minimum absolute atomic E-state index is 0.236. The standard InChI is InChI=1S/C14H16BrNO4/c15-10-4-1-2-5-11(10)20-9-3-6-12(17)16-14(7-8-14)13(18)19/h1-2,4-5H,3,6-9H2,(H,16,17)(H,18,19). The van der Waals surface area contributed by atoms with Crippen LogP contribution in [0.4, 0.5) is 0 Å². The van der Waals surface area contributed by atoms with E-state index >= 15 is 0 Å². The van der Waals surface area contributed by atoms with Crippen LogP contribution < -0.4 is 10.1 Å². The number of amides is 1. The second kappa shape index (κ2) is 6.26. The normalized spacial score (nSPS) is 15.4. The monoisotopic (exact) mass is 341 g/mol. The molecule has 0 aliphatic heterocycles. The Morgan fingerprint density at radius 1 is 1.35 bits per heavy atom. The van der Waals surface area contributed by atoms with Crippen LogP contribution in [0, 0.1) is 0 Å². The van der Waals surface area contributed by atoms with Gasteiger partial charge in [-0.2, -0.15) is 0 Å². The van der Waals surface area contributed by atoms with Crippen LogP contribution in [-0.2, 0) is 9.59 Å². The summed E-state index contributed by atoms with van der Waals surface area (Å²) in [5.41, 5.74) is -1.000. The number of aliphatic carboxylic acids is 1. The second-order valence-corrected chi connectivity index (χ2v) is 5.67. The Morgan fingerprint density at radius 3 is 2.65 bits per heavy atom. The summed E-state index contributed by atoms with van der Waals surface area (Å²) in [6.07, 6.45) is 1.84. The summed E-state index contributed by atoms with van der Waals surface area (Å²) < 4.78 is 6.41. The lowest BCUT2D eigenvalue weighted by molar-refractivity contribution is -0.143. The fourth-order valence-electron chi connectivity index (χ4n) is 1.82. The molecule has 5 nitrogen and oxygen atoms in total. The average molecular weight is 342 g/mol. The number of para-hydroxylation sites is 1. The van der Waals surface area contributed by atoms with E-state index in [0.29, 0.717) is 25.9 Å². The van der Waals surface area contributed by atoms with Gasteiger partial charge in [0.05, 0.1) is 11.1 Å². The van der Waals surface area contributed by atoms with Crippen LogP contribution in [0.3, 0.4) is 0 Å². The average Bonchev–Trinajstić information content (AvgIpc) is 3.17. The lowest BCUT2D eigenvalue weighted by Gasteiger charge is -2.12. The molecule has 1 amide bonds. The molecule has 0 heterocycles. The Bertz CT molecular complexity index is 514. The number of carboxylic acids is 1. The molecule has 0 atom stereocenters. The van der Waals surface area contributed by atoms with Gasteiger partial charge in [-0.15, -0.1) is 0 Å². The molecule has 1 aromatic carbocycles. The lowest BCUT2D eigenvalue weighted by atomic mass is 10.2. The van der Waals surface area contributed by atoms with E-state index < -0.39 is 11.5 Å². The van der Waals surface area contributed by atoms with Gasteiger partial charge in [-0.1, -0.05) is 12.1 Å². The first-order valence-electron chi connectivity index (χ1n) is 6.45. The maximum absolute atomic E-state index is 11.6. The summed E-state index contributed by atoms with van der Waals surface area (Å²) in [4.78, 5) is 22.6. The maximum Gasteiger partial charge on any atom is 0.329 e. The molecule has 0 aromatic heterocycles. The van der Waals surface area contributed by atoms with Gasteiger partial charge in [0.25, 0.3) is 0 Å². The Hall–Kier alpha value is -1.56. The van der Waals surface area contributed by atoms with Crippen LogP contribution >= 0.6 is 15.9 Å². The molecule has 2 N–H and O–H groups in total. The largest absolute Gasteiger partial charge is 0.492 e. The fraction of sp³-hybridized carbons (Fsp3) is 0.429. The highest BCUT2D eigenvalue weighted by Gasteiger charge is 2.51. The van der Waals surface area contributed by atoms with Crippen molar-refractivity contribution in [3.05, 3.63) is 28.7 Å². The highest BCUT2D eigenvalue weighted by Crippen LogP contribution is 2.35. The highest BCUT2D eigenvalue weighted by atomic mass is 79.9. The number of carbonyl (C=O) groups is 2. The van der Waals surface area contributed by atoms with Crippen LogP contribution in [0.1, 0.15) is 25.7 Å². The molecule has 0 spiro atoms. The van der Waals surface area contributed by atoms with Crippen LogP contribution in [-0.4, -0.2) is 29.1 Å². The summed E-state index contributed by atoms with van der Waals surface area (Å²) in [5, 5.41) is 11.5. The molecule has 1 aliphatic rings. The summed E-state index contributed by atoms with van der Waals surface area (Å²) in [5.74, 6) is -0.451. The topological polar surface area (TPSA) is 75.6 Å². The number of hydrogen-bond acceptors (Lipinski definition) is 3. The van der Waals surface area contributed by atoms with Crippen LogP contribution in [0.25, 0.3) is 0 Å². The zero-order valence-corrected chi connectivity index (χ0v) is 12.5. The number of halogens is 1. The first kappa shape index (κ1) is 14.8. The van der Waals surface area contributed by atoms with Crippen molar-refractivity contribution in [3.8, 4) is 5.75 Å². The predicted molar refractivity (Wildman–Crippen MR) is 76.6 cm³/mol. The number of carboxylic acid groups (broad SMARTS) is 1. The second-order valence-electron chi connectivity index (χ2n) is 4.82. The number of rotatable bonds is 7. The molecule has 0 saturated heterocycles. The quantitative estimate of drug-likeness (QED) is 0.746. The van der Waals surface area contributed by atoms with E-state index in [1.165, 1.54) is 0 Å². The van der Waals surface area contributed by atoms with Gasteiger partial charge in [-0.05, 0) is 47.3 Å². The first-order chi connectivity index (χ1) is 9.53. The highest BCUT2D eigenvalue weighted by molar-refractivity contribution is 9.10. The lowest BCUT2D eigenvalue weighted by Crippen LogP contribution is -2.43. The number of carbonyl (C=O) groups excluding carboxylic acids is 1. The van der Waals surface area contributed by atoms with Crippen molar-refractivity contribution in [2.24, 2.45) is 0 Å². The van der Waals surface area contributed by atoms with E-state index in [0.717, 1.165) is 10.2 Å². The molecule has 1 aliphatic carbocycles. The van der Waals surface area contributed by atoms with Gasteiger partial charge < -0.3 is 15.2 Å². The van der Waals surface area contributed by atoms with Crippen molar-refractivity contribution in [1.29, 1.82) is 0 Å². The van der Waals surface area contributed by atoms with Gasteiger partial charge in [0.2, 0.25) is 5.91 Å². The molecular formula is C14H16BrNO4. The Kier molecular flexibility index (Phi) is 4.65. The van der Waals surface area contributed by atoms with Crippen LogP contribution in [0.15, 0.2) is 28.7 Å². The summed E-state index contributed by atoms with van der Waals surface area (Å²) in [6.45, 7) is 0.413. The summed E-state index contributed by atoms with van der Waals surface area (Å²) in [7, 11) is 0. The van der Waals surface area contributed by atoms with Gasteiger partial charge >= 0.3 is 5.97 Å². The molecule has 1 fully saturated rings. The van der Waals surface area contributed by atoms with Gasteiger partial charge in [0, 0.05) is 6.42 Å². The Labute approximate surface area is 125 Å². The smallest absolute Gasteiger partial charge is 0.329 e. The van der Waals surface area contributed by atoms with Crippen molar-refractivity contribution >= 4 is 27.8 Å². The minimum atomic E-state index is -1.000. The molecule has 1 aromatic rings. The molecule has 6 heteroatoms. The molecule has 1 saturated carbocycles. The number of nitrogens with one attached hydrogen (secondary N) is 1. The third-order valence-electron chi connectivity index (χ3n) is 3.18. The van der Waals surface area contributed by atoms with E-state index in [2.05, 4.69) is 21.2 Å². The van der Waals surface area contributed by atoms with Crippen molar-refractivity contribution < 1.29 is 19.4 Å². The van der Waals surface area contributed by atoms with Gasteiger partial charge in [0.1, 0.15) is 11.3 Å². The van der Waals surface area contributed by atoms with Crippen LogP contribution in [0.5, 0.6) is 5.75 Å². The number of hydrogen-bond donors (Lipinski definition) is 2. The van der Waals surface area contributed by atoms with E-state index in [1.54, 1.807) is 0 Å². The predicted octanol–water partition coefficient (Wildman–Crippen LogP) is 2.34. The van der Waals surface area contributed by atoms with Gasteiger partial charge in [-0.3, -0.25) is 4.79 Å². The van der Waals surface area contributed by atoms with E-state index in [4.69, 9.17) is 9.84 Å². The molecular weight excluding hydrogens is 326 g/mol. The van der Waals surface area contributed by atoms with Gasteiger partial charge in [-0.25, -0.2) is 4.79 Å². The Balaban J connectivity index is 1.68. The summed E-state index contributed by atoms with van der Waals surface area (Å²) in [6, 6.07) is 7.49. The molecule has 0 radical (unpaired) electrons. The Morgan fingerprint density at radius 2 is 2.05 bits per heavy atom. The zero-order chi connectivity index (χ0) is 14.6. The fourth-order valence-corrected chi connectivity index (χ4v) is 2.22. The molecule has 0 unspecified atom stereocenters. The van der Waals surface area contributed by atoms with E-state index in [1.807, 2.05) is 24.3 Å². The molecule has 20 heavy (non-hydrogen) atoms. The molecule has 108 valence electrons. The molecule has 2 rings (SSSR count). The summed E-state index contributed by atoms with van der Waals surface area (Å²) >= 11 is 3.37. The van der Waals surface area contributed by atoms with Crippen molar-refractivity contribution in [2.45, 2.75) is 31.2 Å². The third-order valence-corrected chi connectivity index (χ3v) is 3.84. The van der Waals surface area contributed by atoms with Gasteiger partial charge in [0.15, 0.2) is 0 Å². The zero-order valence-electron chi connectivity index (χ0n) is 10.9. The van der Waals surface area contributed by atoms with Crippen LogP contribution in [0.2, 0.25) is 0 Å². The SMILES string of the molecule is O=C(CCCOc1ccccc1Br)NC1(C(=O)O)CC1. The molecule has 0 bridgehead atoms. The van der Waals surface area contributed by atoms with E-state index in [9.17, 15) is 9.59 Å². The maximum atomic E-state index is 11.6. The third kappa shape index (κ3) is 3.72. The number of ether oxygens (including phenoxy) is 1. The minimum Gasteiger partial charge on any atom is -0.492 e. The van der Waals surface area contributed by atoms with Crippen molar-refractivity contribution in [1.82, 2.24) is 5.32 Å². The number of benzene rings is 1. The van der Waals surface area contributed by atoms with Crippen molar-refractivity contribution in [2.75, 3.05) is 6.61 Å².